The van der Waals surface area contributed by atoms with Crippen LogP contribution in [0.3, 0.4) is 0 Å². The molecule has 8 heteroatoms. The third kappa shape index (κ3) is 3.63. The van der Waals surface area contributed by atoms with Crippen LogP contribution in [0.4, 0.5) is 5.82 Å². The lowest BCUT2D eigenvalue weighted by Crippen LogP contribution is -2.32. The van der Waals surface area contributed by atoms with E-state index in [2.05, 4.69) is 22.4 Å². The Kier molecular flexibility index (Phi) is 4.62. The van der Waals surface area contributed by atoms with Crippen LogP contribution in [-0.4, -0.2) is 34.4 Å². The number of aromatic nitrogens is 1. The van der Waals surface area contributed by atoms with E-state index in [4.69, 9.17) is 4.84 Å². The SMILES string of the molecule is C=CCNNc1ccc(C(=O)ON2C(=O)CCC2=O)cn1. The van der Waals surface area contributed by atoms with E-state index in [-0.39, 0.29) is 18.4 Å². The Morgan fingerprint density at radius 3 is 2.67 bits per heavy atom. The molecule has 21 heavy (non-hydrogen) atoms. The number of hydrogen-bond acceptors (Lipinski definition) is 7. The Morgan fingerprint density at radius 2 is 2.10 bits per heavy atom. The third-order valence-electron chi connectivity index (χ3n) is 2.64. The zero-order valence-corrected chi connectivity index (χ0v) is 11.2. The van der Waals surface area contributed by atoms with Gasteiger partial charge in [-0.25, -0.2) is 15.2 Å². The van der Waals surface area contributed by atoms with Crippen molar-refractivity contribution < 1.29 is 19.2 Å². The molecule has 1 aromatic heterocycles. The van der Waals surface area contributed by atoms with Gasteiger partial charge >= 0.3 is 5.97 Å². The summed E-state index contributed by atoms with van der Waals surface area (Å²) in [5, 5.41) is 0.500. The first-order valence-corrected chi connectivity index (χ1v) is 6.25. The van der Waals surface area contributed by atoms with E-state index < -0.39 is 17.8 Å². The van der Waals surface area contributed by atoms with Crippen LogP contribution in [0.15, 0.2) is 31.0 Å². The molecule has 0 saturated carbocycles. The number of imide groups is 1. The van der Waals surface area contributed by atoms with Crippen LogP contribution < -0.4 is 10.9 Å². The van der Waals surface area contributed by atoms with Gasteiger partial charge in [0.15, 0.2) is 0 Å². The second-order valence-corrected chi connectivity index (χ2v) is 4.19. The predicted octanol–water partition coefficient (Wildman–Crippen LogP) is 0.405. The second-order valence-electron chi connectivity index (χ2n) is 4.19. The molecule has 110 valence electrons. The highest BCUT2D eigenvalue weighted by Gasteiger charge is 2.33. The van der Waals surface area contributed by atoms with E-state index >= 15 is 0 Å². The standard InChI is InChI=1S/C13H14N4O4/c1-2-7-15-16-10-4-3-9(8-14-10)13(20)21-17-11(18)5-6-12(17)19/h2-4,8,15H,1,5-7H2,(H,14,16). The van der Waals surface area contributed by atoms with Crippen molar-refractivity contribution in [2.45, 2.75) is 12.8 Å². The molecule has 0 unspecified atom stereocenters. The highest BCUT2D eigenvalue weighted by molar-refractivity contribution is 6.02. The third-order valence-corrected chi connectivity index (χ3v) is 2.64. The predicted molar refractivity (Wildman–Crippen MR) is 72.6 cm³/mol. The van der Waals surface area contributed by atoms with Gasteiger partial charge in [-0.15, -0.1) is 11.6 Å². The molecule has 1 saturated heterocycles. The average Bonchev–Trinajstić information content (AvgIpc) is 2.80. The lowest BCUT2D eigenvalue weighted by atomic mass is 10.3. The summed E-state index contributed by atoms with van der Waals surface area (Å²) < 4.78 is 0. The summed E-state index contributed by atoms with van der Waals surface area (Å²) in [6.45, 7) is 4.09. The summed E-state index contributed by atoms with van der Waals surface area (Å²) >= 11 is 0. The molecule has 2 amide bonds. The van der Waals surface area contributed by atoms with Gasteiger partial charge in [0.05, 0.1) is 5.56 Å². The Hall–Kier alpha value is -2.74. The number of carbonyl (C=O) groups is 3. The monoisotopic (exact) mass is 290 g/mol. The second kappa shape index (κ2) is 6.62. The molecule has 1 aliphatic rings. The fourth-order valence-corrected chi connectivity index (χ4v) is 1.60. The van der Waals surface area contributed by atoms with Crippen molar-refractivity contribution in [2.75, 3.05) is 12.0 Å². The van der Waals surface area contributed by atoms with E-state index in [1.165, 1.54) is 12.3 Å². The van der Waals surface area contributed by atoms with E-state index in [0.29, 0.717) is 17.4 Å². The van der Waals surface area contributed by atoms with Gasteiger partial charge in [-0.1, -0.05) is 6.08 Å². The molecule has 0 spiro atoms. The summed E-state index contributed by atoms with van der Waals surface area (Å²) in [6, 6.07) is 3.03. The number of hydroxylamine groups is 2. The minimum atomic E-state index is -0.809. The number of nitrogens with zero attached hydrogens (tertiary/aromatic N) is 2. The van der Waals surface area contributed by atoms with Crippen molar-refractivity contribution in [3.63, 3.8) is 0 Å². The van der Waals surface area contributed by atoms with Crippen molar-refractivity contribution in [3.8, 4) is 0 Å². The molecule has 2 rings (SSSR count). The van der Waals surface area contributed by atoms with Crippen LogP contribution in [0.2, 0.25) is 0 Å². The fraction of sp³-hybridized carbons (Fsp3) is 0.231. The van der Waals surface area contributed by atoms with Crippen LogP contribution >= 0.6 is 0 Å². The van der Waals surface area contributed by atoms with Crippen molar-refractivity contribution in [1.29, 1.82) is 0 Å². The first kappa shape index (κ1) is 14.7. The summed E-state index contributed by atoms with van der Waals surface area (Å²) in [4.78, 5) is 43.2. The van der Waals surface area contributed by atoms with Gasteiger partial charge in [-0.2, -0.15) is 0 Å². The number of rotatable bonds is 6. The normalized spacial score (nSPS) is 14.2. The molecule has 8 nitrogen and oxygen atoms in total. The van der Waals surface area contributed by atoms with E-state index in [1.807, 2.05) is 0 Å². The molecule has 2 heterocycles. The highest BCUT2D eigenvalue weighted by Crippen LogP contribution is 2.14. The minimum absolute atomic E-state index is 0.0577. The summed E-state index contributed by atoms with van der Waals surface area (Å²) in [6.07, 6.45) is 3.07. The molecule has 0 bridgehead atoms. The number of pyridine rings is 1. The maximum absolute atomic E-state index is 11.8. The van der Waals surface area contributed by atoms with Crippen LogP contribution in [-0.2, 0) is 14.4 Å². The maximum Gasteiger partial charge on any atom is 0.365 e. The van der Waals surface area contributed by atoms with Gasteiger partial charge in [0.1, 0.15) is 5.82 Å². The molecule has 1 aliphatic heterocycles. The van der Waals surface area contributed by atoms with Crippen LogP contribution in [0, 0.1) is 0 Å². The van der Waals surface area contributed by atoms with Gasteiger partial charge < -0.3 is 10.3 Å². The Labute approximate surface area is 120 Å². The van der Waals surface area contributed by atoms with Gasteiger partial charge in [0.2, 0.25) is 0 Å². The number of nitrogens with one attached hydrogen (secondary N) is 2. The van der Waals surface area contributed by atoms with E-state index in [0.717, 1.165) is 0 Å². The Bertz CT molecular complexity index is 554. The number of anilines is 1. The Morgan fingerprint density at radius 1 is 1.38 bits per heavy atom. The first-order valence-electron chi connectivity index (χ1n) is 6.25. The maximum atomic E-state index is 11.8. The number of hydrazine groups is 1. The zero-order valence-electron chi connectivity index (χ0n) is 11.2. The average molecular weight is 290 g/mol. The van der Waals surface area contributed by atoms with Crippen molar-refractivity contribution in [2.24, 2.45) is 0 Å². The largest absolute Gasteiger partial charge is 0.365 e. The van der Waals surface area contributed by atoms with Gasteiger partial charge in [0, 0.05) is 25.6 Å². The summed E-state index contributed by atoms with van der Waals surface area (Å²) in [7, 11) is 0. The number of hydrogen-bond donors (Lipinski definition) is 2. The molecule has 0 radical (unpaired) electrons. The topological polar surface area (TPSA) is 101 Å². The molecular formula is C13H14N4O4. The van der Waals surface area contributed by atoms with E-state index in [1.54, 1.807) is 12.1 Å². The zero-order chi connectivity index (χ0) is 15.2. The van der Waals surface area contributed by atoms with Crippen molar-refractivity contribution in [3.05, 3.63) is 36.5 Å². The minimum Gasteiger partial charge on any atom is -0.325 e. The molecule has 2 N–H and O–H groups in total. The molecule has 0 aromatic carbocycles. The summed E-state index contributed by atoms with van der Waals surface area (Å²) in [5.41, 5.74) is 5.76. The van der Waals surface area contributed by atoms with Crippen LogP contribution in [0.1, 0.15) is 23.2 Å². The lowest BCUT2D eigenvalue weighted by Gasteiger charge is -2.12. The van der Waals surface area contributed by atoms with Gasteiger partial charge in [0.25, 0.3) is 11.8 Å². The van der Waals surface area contributed by atoms with Gasteiger partial charge in [-0.05, 0) is 12.1 Å². The number of amides is 2. The quantitative estimate of drug-likeness (QED) is 0.338. The van der Waals surface area contributed by atoms with E-state index in [9.17, 15) is 14.4 Å². The van der Waals surface area contributed by atoms with Crippen molar-refractivity contribution >= 4 is 23.6 Å². The molecular weight excluding hydrogens is 276 g/mol. The smallest absolute Gasteiger partial charge is 0.325 e. The van der Waals surface area contributed by atoms with Gasteiger partial charge in [-0.3, -0.25) is 9.59 Å². The molecule has 0 atom stereocenters. The Balaban J connectivity index is 1.95. The summed E-state index contributed by atoms with van der Waals surface area (Å²) in [5.74, 6) is -1.35. The first-order chi connectivity index (χ1) is 10.1. The lowest BCUT2D eigenvalue weighted by molar-refractivity contribution is -0.172. The van der Waals surface area contributed by atoms with Crippen molar-refractivity contribution in [1.82, 2.24) is 15.5 Å². The molecule has 0 aliphatic carbocycles. The number of carbonyl (C=O) groups excluding carboxylic acids is 3. The highest BCUT2D eigenvalue weighted by atomic mass is 16.7. The fourth-order valence-electron chi connectivity index (χ4n) is 1.60. The van der Waals surface area contributed by atoms with Crippen LogP contribution in [0.25, 0.3) is 0 Å². The van der Waals surface area contributed by atoms with Crippen LogP contribution in [0.5, 0.6) is 0 Å². The molecule has 1 fully saturated rings. The molecule has 1 aromatic rings.